The highest BCUT2D eigenvalue weighted by Gasteiger charge is 2.42. The van der Waals surface area contributed by atoms with Gasteiger partial charge in [-0.15, -0.1) is 0 Å². The Morgan fingerprint density at radius 1 is 1.23 bits per heavy atom. The quantitative estimate of drug-likeness (QED) is 0.469. The number of aromatic nitrogens is 4. The third-order valence-corrected chi connectivity index (χ3v) is 5.34. The number of amides is 1. The highest BCUT2D eigenvalue weighted by atomic mass is 35.5. The van der Waals surface area contributed by atoms with Crippen LogP contribution in [0.25, 0.3) is 0 Å². The van der Waals surface area contributed by atoms with Crippen molar-refractivity contribution in [3.05, 3.63) is 33.9 Å². The second-order valence-electron chi connectivity index (χ2n) is 7.48. The van der Waals surface area contributed by atoms with Gasteiger partial charge in [-0.05, 0) is 39.2 Å². The molecule has 13 heteroatoms. The standard InChI is InChI=1S/C18H20ClF6N5O/c1-9-8-12(17(20,21)22)27-30(9)10(2)16(31)26-6-3-7-29-14(11-4-5-11)13(19)15(28-29)18(23,24)25/h8,10-11H,3-7H2,1-2H3,(H,26,31). The smallest absolute Gasteiger partial charge is 0.354 e. The lowest BCUT2D eigenvalue weighted by molar-refractivity contribution is -0.142. The number of hydrogen-bond donors (Lipinski definition) is 1. The Bertz CT molecular complexity index is 960. The Morgan fingerprint density at radius 2 is 1.87 bits per heavy atom. The zero-order valence-corrected chi connectivity index (χ0v) is 17.4. The molecule has 1 atom stereocenters. The molecule has 172 valence electrons. The van der Waals surface area contributed by atoms with Crippen molar-refractivity contribution < 1.29 is 31.1 Å². The maximum Gasteiger partial charge on any atom is 0.436 e. The summed E-state index contributed by atoms with van der Waals surface area (Å²) in [6.07, 6.45) is -7.54. The molecule has 1 saturated carbocycles. The topological polar surface area (TPSA) is 64.7 Å². The number of carbonyl (C=O) groups excluding carboxylic acids is 1. The van der Waals surface area contributed by atoms with Crippen molar-refractivity contribution in [2.75, 3.05) is 6.54 Å². The molecule has 0 aliphatic heterocycles. The van der Waals surface area contributed by atoms with Gasteiger partial charge in [0.1, 0.15) is 6.04 Å². The summed E-state index contributed by atoms with van der Waals surface area (Å²) in [6.45, 7) is 3.02. The summed E-state index contributed by atoms with van der Waals surface area (Å²) < 4.78 is 79.8. The molecule has 3 rings (SSSR count). The molecule has 0 saturated heterocycles. The molecule has 2 aromatic heterocycles. The second-order valence-corrected chi connectivity index (χ2v) is 7.85. The fourth-order valence-electron chi connectivity index (χ4n) is 3.27. The maximum absolute atomic E-state index is 13.1. The minimum Gasteiger partial charge on any atom is -0.354 e. The molecule has 1 fully saturated rings. The van der Waals surface area contributed by atoms with Gasteiger partial charge in [-0.2, -0.15) is 36.5 Å². The van der Waals surface area contributed by atoms with Crippen molar-refractivity contribution in [3.8, 4) is 0 Å². The second kappa shape index (κ2) is 8.36. The fourth-order valence-corrected chi connectivity index (χ4v) is 3.67. The Kier molecular flexibility index (Phi) is 6.32. The van der Waals surface area contributed by atoms with Crippen molar-refractivity contribution in [2.24, 2.45) is 0 Å². The van der Waals surface area contributed by atoms with E-state index in [1.54, 1.807) is 0 Å². The van der Waals surface area contributed by atoms with Gasteiger partial charge in [0, 0.05) is 24.7 Å². The molecule has 0 bridgehead atoms. The SMILES string of the molecule is Cc1cc(C(F)(F)F)nn1C(C)C(=O)NCCCn1nc(C(F)(F)F)c(Cl)c1C1CC1. The van der Waals surface area contributed by atoms with Crippen LogP contribution in [-0.4, -0.2) is 32.0 Å². The molecule has 1 aliphatic carbocycles. The minimum absolute atomic E-state index is 0.0590. The summed E-state index contributed by atoms with van der Waals surface area (Å²) in [7, 11) is 0. The molecular weight excluding hydrogens is 452 g/mol. The predicted molar refractivity (Wildman–Crippen MR) is 98.5 cm³/mol. The van der Waals surface area contributed by atoms with Crippen molar-refractivity contribution in [2.45, 2.75) is 64.0 Å². The normalized spacial score (nSPS) is 15.9. The van der Waals surface area contributed by atoms with Crippen LogP contribution in [0, 0.1) is 6.92 Å². The van der Waals surface area contributed by atoms with E-state index in [4.69, 9.17) is 11.6 Å². The molecule has 0 radical (unpaired) electrons. The first-order chi connectivity index (χ1) is 14.3. The number of nitrogens with zero attached hydrogens (tertiary/aromatic N) is 4. The summed E-state index contributed by atoms with van der Waals surface area (Å²) >= 11 is 5.91. The number of nitrogens with one attached hydrogen (secondary N) is 1. The van der Waals surface area contributed by atoms with Gasteiger partial charge in [0.25, 0.3) is 0 Å². The van der Waals surface area contributed by atoms with Crippen LogP contribution in [0.1, 0.15) is 60.9 Å². The van der Waals surface area contributed by atoms with E-state index in [1.165, 1.54) is 18.5 Å². The lowest BCUT2D eigenvalue weighted by atomic mass is 10.2. The lowest BCUT2D eigenvalue weighted by Crippen LogP contribution is -2.33. The average molecular weight is 472 g/mol. The molecule has 2 heterocycles. The van der Waals surface area contributed by atoms with E-state index < -0.39 is 35.7 Å². The van der Waals surface area contributed by atoms with Crippen LogP contribution in [0.3, 0.4) is 0 Å². The van der Waals surface area contributed by atoms with E-state index in [-0.39, 0.29) is 36.1 Å². The summed E-state index contributed by atoms with van der Waals surface area (Å²) in [5.74, 6) is -0.617. The average Bonchev–Trinajstić information content (AvgIpc) is 3.31. The van der Waals surface area contributed by atoms with E-state index in [0.717, 1.165) is 23.6 Å². The largest absolute Gasteiger partial charge is 0.436 e. The summed E-state index contributed by atoms with van der Waals surface area (Å²) in [6, 6.07) is -0.141. The summed E-state index contributed by atoms with van der Waals surface area (Å²) in [4.78, 5) is 12.3. The van der Waals surface area contributed by atoms with E-state index >= 15 is 0 Å². The first-order valence-corrected chi connectivity index (χ1v) is 9.93. The Hall–Kier alpha value is -2.24. The molecule has 1 amide bonds. The van der Waals surface area contributed by atoms with Crippen molar-refractivity contribution in [3.63, 3.8) is 0 Å². The van der Waals surface area contributed by atoms with E-state index in [9.17, 15) is 31.1 Å². The molecule has 1 N–H and O–H groups in total. The van der Waals surface area contributed by atoms with Gasteiger partial charge in [-0.1, -0.05) is 11.6 Å². The summed E-state index contributed by atoms with van der Waals surface area (Å²) in [5, 5.41) is 9.23. The third kappa shape index (κ3) is 5.16. The van der Waals surface area contributed by atoms with Crippen LogP contribution in [0.4, 0.5) is 26.3 Å². The third-order valence-electron chi connectivity index (χ3n) is 4.97. The van der Waals surface area contributed by atoms with E-state index in [0.29, 0.717) is 5.69 Å². The fraction of sp³-hybridized carbons (Fsp3) is 0.611. The number of alkyl halides is 6. The number of rotatable bonds is 7. The molecule has 1 aliphatic rings. The van der Waals surface area contributed by atoms with Crippen molar-refractivity contribution >= 4 is 17.5 Å². The first-order valence-electron chi connectivity index (χ1n) is 9.55. The van der Waals surface area contributed by atoms with Gasteiger partial charge in [-0.3, -0.25) is 14.2 Å². The predicted octanol–water partition coefficient (Wildman–Crippen LogP) is 4.72. The van der Waals surface area contributed by atoms with E-state index in [2.05, 4.69) is 15.5 Å². The molecule has 2 aromatic rings. The molecular formula is C18H20ClF6N5O. The van der Waals surface area contributed by atoms with Gasteiger partial charge < -0.3 is 5.32 Å². The molecule has 31 heavy (non-hydrogen) atoms. The molecule has 0 spiro atoms. The molecule has 6 nitrogen and oxygen atoms in total. The highest BCUT2D eigenvalue weighted by Crippen LogP contribution is 2.46. The molecule has 0 aromatic carbocycles. The van der Waals surface area contributed by atoms with Gasteiger partial charge in [-0.25, -0.2) is 0 Å². The lowest BCUT2D eigenvalue weighted by Gasteiger charge is -2.15. The number of carbonyl (C=O) groups is 1. The highest BCUT2D eigenvalue weighted by molar-refractivity contribution is 6.32. The van der Waals surface area contributed by atoms with Crippen LogP contribution in [0.2, 0.25) is 5.02 Å². The van der Waals surface area contributed by atoms with Gasteiger partial charge in [0.2, 0.25) is 5.91 Å². The Balaban J connectivity index is 1.59. The van der Waals surface area contributed by atoms with Crippen LogP contribution in [0.5, 0.6) is 0 Å². The van der Waals surface area contributed by atoms with Crippen LogP contribution in [-0.2, 0) is 23.7 Å². The number of halogens is 7. The van der Waals surface area contributed by atoms with E-state index in [1.807, 2.05) is 0 Å². The number of aryl methyl sites for hydroxylation is 2. The zero-order valence-electron chi connectivity index (χ0n) is 16.6. The zero-order chi connectivity index (χ0) is 23.1. The van der Waals surface area contributed by atoms with Gasteiger partial charge >= 0.3 is 12.4 Å². The first kappa shape index (κ1) is 23.4. The minimum atomic E-state index is -4.66. The van der Waals surface area contributed by atoms with Gasteiger partial charge in [0.05, 0.1) is 10.7 Å². The van der Waals surface area contributed by atoms with Crippen molar-refractivity contribution in [1.29, 1.82) is 0 Å². The van der Waals surface area contributed by atoms with Crippen molar-refractivity contribution in [1.82, 2.24) is 24.9 Å². The molecule has 1 unspecified atom stereocenters. The summed E-state index contributed by atoms with van der Waals surface area (Å²) in [5.41, 5.74) is -1.69. The Labute approximate surface area is 178 Å². The maximum atomic E-state index is 13.1. The monoisotopic (exact) mass is 471 g/mol. The number of hydrogen-bond acceptors (Lipinski definition) is 3. The van der Waals surface area contributed by atoms with Crippen LogP contribution >= 0.6 is 11.6 Å². The Morgan fingerprint density at radius 3 is 2.39 bits per heavy atom. The van der Waals surface area contributed by atoms with Crippen LogP contribution in [0.15, 0.2) is 6.07 Å². The van der Waals surface area contributed by atoms with Crippen LogP contribution < -0.4 is 5.32 Å². The van der Waals surface area contributed by atoms with Gasteiger partial charge in [0.15, 0.2) is 11.4 Å².